The molecule has 1 N–H and O–H groups in total. The number of nitrogens with zero attached hydrogens (tertiary/aromatic N) is 1. The van der Waals surface area contributed by atoms with Gasteiger partial charge >= 0.3 is 0 Å². The number of epoxide rings is 1. The van der Waals surface area contributed by atoms with Crippen molar-refractivity contribution in [3.63, 3.8) is 0 Å². The van der Waals surface area contributed by atoms with E-state index in [1.807, 2.05) is 6.07 Å². The van der Waals surface area contributed by atoms with Crippen LogP contribution in [0.5, 0.6) is 0 Å². The van der Waals surface area contributed by atoms with Gasteiger partial charge in [0, 0.05) is 13.3 Å². The summed E-state index contributed by atoms with van der Waals surface area (Å²) in [7, 11) is 1.63. The van der Waals surface area contributed by atoms with Gasteiger partial charge in [0.1, 0.15) is 0 Å². The fourth-order valence-electron chi connectivity index (χ4n) is 0.923. The van der Waals surface area contributed by atoms with Gasteiger partial charge in [-0.3, -0.25) is 5.10 Å². The molecule has 0 spiro atoms. The van der Waals surface area contributed by atoms with Crippen LogP contribution in [-0.4, -0.2) is 23.6 Å². The van der Waals surface area contributed by atoms with Gasteiger partial charge in [0.2, 0.25) is 0 Å². The molecule has 2 atom stereocenters. The minimum absolute atomic E-state index is 0.0690. The second-order valence-electron chi connectivity index (χ2n) is 2.17. The van der Waals surface area contributed by atoms with Crippen LogP contribution < -0.4 is 0 Å². The van der Waals surface area contributed by atoms with E-state index in [0.29, 0.717) is 0 Å². The Kier molecular flexibility index (Phi) is 1.22. The van der Waals surface area contributed by atoms with Crippen molar-refractivity contribution in [2.45, 2.75) is 12.4 Å². The molecular weight excluding hydrogens is 132 g/mol. The summed E-state index contributed by atoms with van der Waals surface area (Å²) >= 11 is 0. The molecule has 1 aromatic heterocycles. The molecule has 1 aliphatic rings. The quantitative estimate of drug-likeness (QED) is 0.607. The smallest absolute Gasteiger partial charge is 0.190 e. The molecule has 2 heterocycles. The number of rotatable bonds is 2. The highest BCUT2D eigenvalue weighted by Crippen LogP contribution is 2.37. The average Bonchev–Trinajstić information content (AvgIpc) is 2.56. The van der Waals surface area contributed by atoms with Gasteiger partial charge in [0.25, 0.3) is 0 Å². The number of nitrogens with one attached hydrogen (secondary N) is 1. The Hall–Kier alpha value is -0.870. The molecule has 1 aromatic rings. The Balaban J connectivity index is 2.05. The van der Waals surface area contributed by atoms with E-state index in [9.17, 15) is 0 Å². The monoisotopic (exact) mass is 140 g/mol. The molecule has 0 saturated carbocycles. The summed E-state index contributed by atoms with van der Waals surface area (Å²) in [6.07, 6.45) is 1.71. The van der Waals surface area contributed by atoms with E-state index in [2.05, 4.69) is 10.2 Å². The highest BCUT2D eigenvalue weighted by molar-refractivity contribution is 5.08. The highest BCUT2D eigenvalue weighted by Gasteiger charge is 2.41. The Bertz CT molecular complexity index is 210. The van der Waals surface area contributed by atoms with Crippen molar-refractivity contribution in [3.05, 3.63) is 18.0 Å². The summed E-state index contributed by atoms with van der Waals surface area (Å²) in [6, 6.07) is 1.88. The van der Waals surface area contributed by atoms with Crippen LogP contribution in [0, 0.1) is 0 Å². The fourth-order valence-corrected chi connectivity index (χ4v) is 0.923. The Morgan fingerprint density at radius 1 is 1.80 bits per heavy atom. The second kappa shape index (κ2) is 2.07. The van der Waals surface area contributed by atoms with Crippen LogP contribution in [0.3, 0.4) is 0 Å². The SMILES string of the molecule is COC1OC1c1ccn[nH]1. The molecule has 2 rings (SSSR count). The van der Waals surface area contributed by atoms with Crippen molar-refractivity contribution in [2.75, 3.05) is 7.11 Å². The van der Waals surface area contributed by atoms with Crippen molar-refractivity contribution >= 4 is 0 Å². The average molecular weight is 140 g/mol. The molecular formula is C6H8N2O2. The highest BCUT2D eigenvalue weighted by atomic mass is 16.8. The zero-order valence-corrected chi connectivity index (χ0v) is 5.57. The second-order valence-corrected chi connectivity index (χ2v) is 2.17. The molecule has 4 heteroatoms. The number of ether oxygens (including phenoxy) is 2. The van der Waals surface area contributed by atoms with Crippen LogP contribution in [-0.2, 0) is 9.47 Å². The van der Waals surface area contributed by atoms with Gasteiger partial charge in [-0.15, -0.1) is 0 Å². The Labute approximate surface area is 58.1 Å². The lowest BCUT2D eigenvalue weighted by atomic mass is 10.3. The minimum Gasteiger partial charge on any atom is -0.353 e. The third-order valence-corrected chi connectivity index (χ3v) is 1.51. The first-order chi connectivity index (χ1) is 4.92. The third kappa shape index (κ3) is 0.815. The van der Waals surface area contributed by atoms with Gasteiger partial charge in [0.05, 0.1) is 5.69 Å². The third-order valence-electron chi connectivity index (χ3n) is 1.51. The first-order valence-electron chi connectivity index (χ1n) is 3.09. The summed E-state index contributed by atoms with van der Waals surface area (Å²) in [4.78, 5) is 0. The van der Waals surface area contributed by atoms with E-state index in [1.165, 1.54) is 0 Å². The first-order valence-corrected chi connectivity index (χ1v) is 3.09. The molecule has 0 amide bonds. The van der Waals surface area contributed by atoms with Gasteiger partial charge < -0.3 is 9.47 Å². The maximum atomic E-state index is 5.12. The molecule has 0 aliphatic carbocycles. The van der Waals surface area contributed by atoms with Gasteiger partial charge in [-0.05, 0) is 6.07 Å². The molecule has 0 aromatic carbocycles. The lowest BCUT2D eigenvalue weighted by molar-refractivity contribution is 0.0950. The molecule has 1 fully saturated rings. The Morgan fingerprint density at radius 3 is 3.20 bits per heavy atom. The number of hydrogen-bond donors (Lipinski definition) is 1. The van der Waals surface area contributed by atoms with Crippen molar-refractivity contribution in [1.29, 1.82) is 0 Å². The largest absolute Gasteiger partial charge is 0.353 e. The Morgan fingerprint density at radius 2 is 2.70 bits per heavy atom. The zero-order valence-electron chi connectivity index (χ0n) is 5.57. The number of hydrogen-bond acceptors (Lipinski definition) is 3. The molecule has 0 radical (unpaired) electrons. The van der Waals surface area contributed by atoms with Crippen molar-refractivity contribution in [2.24, 2.45) is 0 Å². The number of aromatic nitrogens is 2. The van der Waals surface area contributed by atoms with E-state index >= 15 is 0 Å². The van der Waals surface area contributed by atoms with Crippen LogP contribution in [0.4, 0.5) is 0 Å². The lowest BCUT2D eigenvalue weighted by Crippen LogP contribution is -1.90. The summed E-state index contributed by atoms with van der Waals surface area (Å²) in [5.74, 6) is 0. The molecule has 4 nitrogen and oxygen atoms in total. The molecule has 2 unspecified atom stereocenters. The normalized spacial score (nSPS) is 30.5. The number of H-pyrrole nitrogens is 1. The summed E-state index contributed by atoms with van der Waals surface area (Å²) in [5, 5.41) is 6.60. The molecule has 1 saturated heterocycles. The van der Waals surface area contributed by atoms with Crippen molar-refractivity contribution in [1.82, 2.24) is 10.2 Å². The molecule has 10 heavy (non-hydrogen) atoms. The first kappa shape index (κ1) is 5.88. The maximum absolute atomic E-state index is 5.12. The summed E-state index contributed by atoms with van der Waals surface area (Å²) < 4.78 is 10.0. The van der Waals surface area contributed by atoms with Crippen LogP contribution in [0.15, 0.2) is 12.3 Å². The summed E-state index contributed by atoms with van der Waals surface area (Å²) in [6.45, 7) is 0. The van der Waals surface area contributed by atoms with E-state index < -0.39 is 0 Å². The van der Waals surface area contributed by atoms with E-state index in [-0.39, 0.29) is 12.4 Å². The predicted molar refractivity (Wildman–Crippen MR) is 33.2 cm³/mol. The standard InChI is InChI=1S/C6H8N2O2/c1-9-6-5(10-6)4-2-3-7-8-4/h2-3,5-6H,1H3,(H,7,8). The lowest BCUT2D eigenvalue weighted by Gasteiger charge is -1.85. The fraction of sp³-hybridized carbons (Fsp3) is 0.500. The van der Waals surface area contributed by atoms with E-state index in [1.54, 1.807) is 13.3 Å². The minimum atomic E-state index is -0.0690. The van der Waals surface area contributed by atoms with Crippen LogP contribution >= 0.6 is 0 Å². The summed E-state index contributed by atoms with van der Waals surface area (Å²) in [5.41, 5.74) is 0.979. The predicted octanol–water partition coefficient (Wildman–Crippen LogP) is 0.453. The van der Waals surface area contributed by atoms with E-state index in [4.69, 9.17) is 9.47 Å². The zero-order chi connectivity index (χ0) is 6.97. The van der Waals surface area contributed by atoms with Crippen LogP contribution in [0.2, 0.25) is 0 Å². The van der Waals surface area contributed by atoms with Gasteiger partial charge in [0.15, 0.2) is 12.4 Å². The maximum Gasteiger partial charge on any atom is 0.190 e. The van der Waals surface area contributed by atoms with E-state index in [0.717, 1.165) is 5.69 Å². The molecule has 0 bridgehead atoms. The van der Waals surface area contributed by atoms with Gasteiger partial charge in [-0.25, -0.2) is 0 Å². The van der Waals surface area contributed by atoms with Crippen LogP contribution in [0.1, 0.15) is 11.8 Å². The van der Waals surface area contributed by atoms with Crippen LogP contribution in [0.25, 0.3) is 0 Å². The number of aromatic amines is 1. The van der Waals surface area contributed by atoms with Crippen molar-refractivity contribution in [3.8, 4) is 0 Å². The number of methoxy groups -OCH3 is 1. The van der Waals surface area contributed by atoms with Gasteiger partial charge in [-0.2, -0.15) is 5.10 Å². The van der Waals surface area contributed by atoms with Gasteiger partial charge in [-0.1, -0.05) is 0 Å². The molecule has 1 aliphatic heterocycles. The molecule has 54 valence electrons. The van der Waals surface area contributed by atoms with Crippen molar-refractivity contribution < 1.29 is 9.47 Å². The topological polar surface area (TPSA) is 50.4 Å².